The summed E-state index contributed by atoms with van der Waals surface area (Å²) in [6, 6.07) is 16.4. The summed E-state index contributed by atoms with van der Waals surface area (Å²) in [5.41, 5.74) is 0.602. The molecule has 174 valence electrons. The number of nitrogens with zero attached hydrogens (tertiary/aromatic N) is 2. The number of hydrogen-bond donors (Lipinski definition) is 0. The Morgan fingerprint density at radius 1 is 1.06 bits per heavy atom. The van der Waals surface area contributed by atoms with E-state index < -0.39 is 17.8 Å². The third kappa shape index (κ3) is 5.09. The van der Waals surface area contributed by atoms with Gasteiger partial charge in [0.05, 0.1) is 6.10 Å². The maximum Gasteiger partial charge on any atom is 0.431 e. The molecule has 2 aromatic carbocycles. The molecule has 33 heavy (non-hydrogen) atoms. The fourth-order valence-corrected chi connectivity index (χ4v) is 4.36. The molecule has 1 saturated heterocycles. The van der Waals surface area contributed by atoms with Crippen molar-refractivity contribution in [2.24, 2.45) is 0 Å². The summed E-state index contributed by atoms with van der Waals surface area (Å²) < 4.78 is 48.9. The van der Waals surface area contributed by atoms with Crippen molar-refractivity contribution in [3.8, 4) is 11.1 Å². The highest BCUT2D eigenvalue weighted by molar-refractivity contribution is 6.30. The van der Waals surface area contributed by atoms with E-state index in [1.54, 1.807) is 66.6 Å². The molecule has 0 aliphatic carbocycles. The predicted octanol–water partition coefficient (Wildman–Crippen LogP) is 6.13. The SMILES string of the molecule is COC1CCN(C(=O)c2c(-c3ccc(Cl)cc3)cc(C(F)(F)F)n2Cc2ccccc2)CC1. The van der Waals surface area contributed by atoms with Crippen molar-refractivity contribution in [1.29, 1.82) is 0 Å². The van der Waals surface area contributed by atoms with Gasteiger partial charge in [-0.05, 0) is 42.2 Å². The topological polar surface area (TPSA) is 34.5 Å². The molecule has 1 aromatic heterocycles. The molecule has 0 atom stereocenters. The van der Waals surface area contributed by atoms with Gasteiger partial charge in [-0.2, -0.15) is 13.2 Å². The molecule has 3 aromatic rings. The second-order valence-electron chi connectivity index (χ2n) is 8.10. The minimum absolute atomic E-state index is 0.0318. The number of halogens is 4. The Balaban J connectivity index is 1.85. The van der Waals surface area contributed by atoms with Gasteiger partial charge in [0.1, 0.15) is 11.4 Å². The van der Waals surface area contributed by atoms with E-state index >= 15 is 0 Å². The van der Waals surface area contributed by atoms with E-state index in [9.17, 15) is 18.0 Å². The zero-order chi connectivity index (χ0) is 23.6. The van der Waals surface area contributed by atoms with Crippen LogP contribution in [0, 0.1) is 0 Å². The predicted molar refractivity (Wildman–Crippen MR) is 121 cm³/mol. The fraction of sp³-hybridized carbons (Fsp3) is 0.320. The Hall–Kier alpha value is -2.77. The third-order valence-electron chi connectivity index (χ3n) is 5.99. The minimum Gasteiger partial charge on any atom is -0.381 e. The van der Waals surface area contributed by atoms with Gasteiger partial charge in [-0.25, -0.2) is 0 Å². The molecule has 0 radical (unpaired) electrons. The van der Waals surface area contributed by atoms with Crippen LogP contribution in [0.15, 0.2) is 60.7 Å². The van der Waals surface area contributed by atoms with E-state index in [1.807, 2.05) is 0 Å². The largest absolute Gasteiger partial charge is 0.431 e. The van der Waals surface area contributed by atoms with Gasteiger partial charge in [0.25, 0.3) is 5.91 Å². The second kappa shape index (κ2) is 9.61. The second-order valence-corrected chi connectivity index (χ2v) is 8.53. The zero-order valence-electron chi connectivity index (χ0n) is 18.1. The molecule has 1 fully saturated rings. The standard InChI is InChI=1S/C25H24ClF3N2O2/c1-33-20-11-13-30(14-12-20)24(32)23-21(18-7-9-19(26)10-8-18)15-22(25(27,28)29)31(23)16-17-5-3-2-4-6-17/h2-10,15,20H,11-14,16H2,1H3. The van der Waals surface area contributed by atoms with Crippen LogP contribution >= 0.6 is 11.6 Å². The number of ether oxygens (including phenoxy) is 1. The number of carbonyl (C=O) groups excluding carboxylic acids is 1. The lowest BCUT2D eigenvalue weighted by Crippen LogP contribution is -2.41. The first-order valence-electron chi connectivity index (χ1n) is 10.7. The minimum atomic E-state index is -4.63. The lowest BCUT2D eigenvalue weighted by molar-refractivity contribution is -0.143. The number of piperidine rings is 1. The first-order chi connectivity index (χ1) is 15.8. The highest BCUT2D eigenvalue weighted by Gasteiger charge is 2.39. The lowest BCUT2D eigenvalue weighted by atomic mass is 10.0. The molecule has 0 unspecified atom stereocenters. The van der Waals surface area contributed by atoms with E-state index in [0.29, 0.717) is 42.1 Å². The lowest BCUT2D eigenvalue weighted by Gasteiger charge is -2.32. The normalized spacial score (nSPS) is 15.1. The Labute approximate surface area is 195 Å². The van der Waals surface area contributed by atoms with Gasteiger partial charge in [-0.3, -0.25) is 4.79 Å². The fourth-order valence-electron chi connectivity index (χ4n) is 4.24. The molecule has 0 spiro atoms. The van der Waals surface area contributed by atoms with Crippen LogP contribution in [0.25, 0.3) is 11.1 Å². The molecule has 0 N–H and O–H groups in total. The molecular formula is C25H24ClF3N2O2. The molecule has 1 amide bonds. The molecular weight excluding hydrogens is 453 g/mol. The first kappa shape index (κ1) is 23.4. The maximum absolute atomic E-state index is 14.1. The van der Waals surface area contributed by atoms with E-state index in [4.69, 9.17) is 16.3 Å². The highest BCUT2D eigenvalue weighted by atomic mass is 35.5. The van der Waals surface area contributed by atoms with Crippen LogP contribution in [0.3, 0.4) is 0 Å². The monoisotopic (exact) mass is 476 g/mol. The number of rotatable bonds is 5. The van der Waals surface area contributed by atoms with Crippen LogP contribution in [-0.2, 0) is 17.5 Å². The van der Waals surface area contributed by atoms with Gasteiger partial charge in [0.15, 0.2) is 0 Å². The number of benzene rings is 2. The quantitative estimate of drug-likeness (QED) is 0.444. The van der Waals surface area contributed by atoms with Crippen molar-refractivity contribution < 1.29 is 22.7 Å². The summed E-state index contributed by atoms with van der Waals surface area (Å²) >= 11 is 5.99. The smallest absolute Gasteiger partial charge is 0.381 e. The molecule has 0 bridgehead atoms. The van der Waals surface area contributed by atoms with Crippen LogP contribution in [0.1, 0.15) is 34.6 Å². The molecule has 4 rings (SSSR count). The average Bonchev–Trinajstić information content (AvgIpc) is 3.19. The number of carbonyl (C=O) groups is 1. The molecule has 8 heteroatoms. The van der Waals surface area contributed by atoms with Gasteiger partial charge in [-0.15, -0.1) is 0 Å². The van der Waals surface area contributed by atoms with Crippen molar-refractivity contribution in [3.05, 3.63) is 82.6 Å². The van der Waals surface area contributed by atoms with Crippen LogP contribution < -0.4 is 0 Å². The number of amides is 1. The Morgan fingerprint density at radius 3 is 2.27 bits per heavy atom. The van der Waals surface area contributed by atoms with E-state index in [-0.39, 0.29) is 23.9 Å². The third-order valence-corrected chi connectivity index (χ3v) is 6.24. The zero-order valence-corrected chi connectivity index (χ0v) is 18.9. The molecule has 0 saturated carbocycles. The number of likely N-dealkylation sites (tertiary alicyclic amines) is 1. The summed E-state index contributed by atoms with van der Waals surface area (Å²) in [7, 11) is 1.63. The summed E-state index contributed by atoms with van der Waals surface area (Å²) in [6.07, 6.45) is -3.29. The van der Waals surface area contributed by atoms with Gasteiger partial charge in [0, 0.05) is 37.3 Å². The van der Waals surface area contributed by atoms with Crippen LogP contribution in [-0.4, -0.2) is 41.7 Å². The van der Waals surface area contributed by atoms with Gasteiger partial charge < -0.3 is 14.2 Å². The van der Waals surface area contributed by atoms with Crippen molar-refractivity contribution >= 4 is 17.5 Å². The molecule has 1 aliphatic rings. The summed E-state index contributed by atoms with van der Waals surface area (Å²) in [5, 5.41) is 0.466. The summed E-state index contributed by atoms with van der Waals surface area (Å²) in [6.45, 7) is 0.781. The van der Waals surface area contributed by atoms with Crippen LogP contribution in [0.5, 0.6) is 0 Å². The highest BCUT2D eigenvalue weighted by Crippen LogP contribution is 2.38. The van der Waals surface area contributed by atoms with Crippen LogP contribution in [0.4, 0.5) is 13.2 Å². The number of aromatic nitrogens is 1. The first-order valence-corrected chi connectivity index (χ1v) is 11.1. The van der Waals surface area contributed by atoms with Gasteiger partial charge >= 0.3 is 6.18 Å². The summed E-state index contributed by atoms with van der Waals surface area (Å²) in [4.78, 5) is 15.3. The van der Waals surface area contributed by atoms with E-state index in [1.165, 1.54) is 0 Å². The number of hydrogen-bond acceptors (Lipinski definition) is 2. The Kier molecular flexibility index (Phi) is 6.81. The van der Waals surface area contributed by atoms with Crippen molar-refractivity contribution in [3.63, 3.8) is 0 Å². The average molecular weight is 477 g/mol. The Bertz CT molecular complexity index is 1100. The Morgan fingerprint density at radius 2 is 1.70 bits per heavy atom. The van der Waals surface area contributed by atoms with Gasteiger partial charge in [0.2, 0.25) is 0 Å². The summed E-state index contributed by atoms with van der Waals surface area (Å²) in [5.74, 6) is -0.416. The number of alkyl halides is 3. The number of methoxy groups -OCH3 is 1. The molecule has 1 aliphatic heterocycles. The molecule has 2 heterocycles. The maximum atomic E-state index is 14.1. The van der Waals surface area contributed by atoms with E-state index in [0.717, 1.165) is 10.6 Å². The molecule has 4 nitrogen and oxygen atoms in total. The van der Waals surface area contributed by atoms with Crippen molar-refractivity contribution in [1.82, 2.24) is 9.47 Å². The van der Waals surface area contributed by atoms with Crippen molar-refractivity contribution in [2.45, 2.75) is 31.7 Å². The van der Waals surface area contributed by atoms with E-state index in [2.05, 4.69) is 0 Å². The van der Waals surface area contributed by atoms with Crippen molar-refractivity contribution in [2.75, 3.05) is 20.2 Å². The van der Waals surface area contributed by atoms with Gasteiger partial charge in [-0.1, -0.05) is 54.1 Å². The van der Waals surface area contributed by atoms with Crippen LogP contribution in [0.2, 0.25) is 5.02 Å².